The van der Waals surface area contributed by atoms with Crippen LogP contribution in [0, 0.1) is 0 Å². The van der Waals surface area contributed by atoms with E-state index in [0.29, 0.717) is 34.1 Å². The second-order valence-corrected chi connectivity index (χ2v) is 5.16. The average Bonchev–Trinajstić information content (AvgIpc) is 2.68. The Labute approximate surface area is 114 Å². The topological polar surface area (TPSA) is 51.0 Å². The van der Waals surface area contributed by atoms with Crippen LogP contribution in [0.3, 0.4) is 0 Å². The molecule has 1 aliphatic rings. The zero-order valence-electron chi connectivity index (χ0n) is 9.49. The van der Waals surface area contributed by atoms with E-state index in [1.54, 1.807) is 12.1 Å². The number of aromatic nitrogens is 2. The second kappa shape index (κ2) is 4.88. The van der Waals surface area contributed by atoms with Crippen molar-refractivity contribution in [3.63, 3.8) is 0 Å². The third-order valence-electron chi connectivity index (χ3n) is 2.98. The highest BCUT2D eigenvalue weighted by Crippen LogP contribution is 2.23. The molecule has 18 heavy (non-hydrogen) atoms. The summed E-state index contributed by atoms with van der Waals surface area (Å²) >= 11 is 12.0. The molecule has 2 aromatic rings. The summed E-state index contributed by atoms with van der Waals surface area (Å²) in [6.07, 6.45) is 0.555. The smallest absolute Gasteiger partial charge is 0.232 e. The average molecular weight is 284 g/mol. The van der Waals surface area contributed by atoms with Crippen molar-refractivity contribution in [1.82, 2.24) is 15.5 Å². The predicted molar refractivity (Wildman–Crippen MR) is 69.2 cm³/mol. The normalized spacial score (nSPS) is 15.7. The molecule has 0 saturated carbocycles. The molecule has 0 atom stereocenters. The summed E-state index contributed by atoms with van der Waals surface area (Å²) in [7, 11) is 0. The molecule has 1 saturated heterocycles. The molecule has 0 unspecified atom stereocenters. The molecule has 1 fully saturated rings. The first kappa shape index (κ1) is 12.0. The molecule has 2 heterocycles. The van der Waals surface area contributed by atoms with Crippen LogP contribution in [-0.4, -0.2) is 23.2 Å². The minimum atomic E-state index is 0.354. The molecular weight excluding hydrogens is 273 g/mol. The highest BCUT2D eigenvalue weighted by Gasteiger charge is 2.25. The first-order chi connectivity index (χ1) is 8.72. The largest absolute Gasteiger partial charge is 0.339 e. The van der Waals surface area contributed by atoms with Gasteiger partial charge >= 0.3 is 0 Å². The number of hydrogen-bond acceptors (Lipinski definition) is 4. The van der Waals surface area contributed by atoms with E-state index >= 15 is 0 Å². The first-order valence-corrected chi connectivity index (χ1v) is 6.45. The van der Waals surface area contributed by atoms with Gasteiger partial charge in [-0.2, -0.15) is 4.98 Å². The molecule has 0 radical (unpaired) electrons. The van der Waals surface area contributed by atoms with Crippen molar-refractivity contribution in [3.8, 4) is 0 Å². The molecule has 1 aromatic heterocycles. The maximum atomic E-state index is 6.11. The number of hydrogen-bond donors (Lipinski definition) is 1. The van der Waals surface area contributed by atoms with Crippen molar-refractivity contribution in [3.05, 3.63) is 45.5 Å². The fourth-order valence-electron chi connectivity index (χ4n) is 1.80. The van der Waals surface area contributed by atoms with Gasteiger partial charge in [-0.1, -0.05) is 34.4 Å². The molecule has 6 heteroatoms. The first-order valence-electron chi connectivity index (χ1n) is 5.69. The molecule has 1 aromatic carbocycles. The minimum Gasteiger partial charge on any atom is -0.339 e. The van der Waals surface area contributed by atoms with Crippen LogP contribution in [0.1, 0.15) is 23.2 Å². The van der Waals surface area contributed by atoms with Crippen LogP contribution in [0.15, 0.2) is 22.7 Å². The van der Waals surface area contributed by atoms with Crippen LogP contribution in [0.25, 0.3) is 0 Å². The van der Waals surface area contributed by atoms with Crippen molar-refractivity contribution in [2.45, 2.75) is 12.3 Å². The molecular formula is C12H11Cl2N3O. The number of nitrogens with zero attached hydrogens (tertiary/aromatic N) is 2. The van der Waals surface area contributed by atoms with Gasteiger partial charge in [-0.15, -0.1) is 0 Å². The van der Waals surface area contributed by atoms with E-state index in [1.165, 1.54) is 0 Å². The van der Waals surface area contributed by atoms with E-state index in [9.17, 15) is 0 Å². The molecule has 1 aliphatic heterocycles. The number of rotatable bonds is 3. The van der Waals surface area contributed by atoms with Crippen molar-refractivity contribution in [1.29, 1.82) is 0 Å². The molecule has 0 spiro atoms. The molecule has 0 bridgehead atoms. The van der Waals surface area contributed by atoms with Crippen LogP contribution < -0.4 is 5.32 Å². The quantitative estimate of drug-likeness (QED) is 0.941. The van der Waals surface area contributed by atoms with E-state index in [4.69, 9.17) is 27.7 Å². The van der Waals surface area contributed by atoms with Crippen molar-refractivity contribution >= 4 is 23.2 Å². The zero-order chi connectivity index (χ0) is 12.5. The maximum Gasteiger partial charge on any atom is 0.232 e. The van der Waals surface area contributed by atoms with Gasteiger partial charge in [0.25, 0.3) is 0 Å². The Bertz CT molecular complexity index is 566. The van der Waals surface area contributed by atoms with Gasteiger partial charge < -0.3 is 9.84 Å². The lowest BCUT2D eigenvalue weighted by Gasteiger charge is -2.22. The molecule has 94 valence electrons. The summed E-state index contributed by atoms with van der Waals surface area (Å²) in [6, 6.07) is 5.40. The summed E-state index contributed by atoms with van der Waals surface area (Å²) in [6.45, 7) is 1.81. The molecule has 4 nitrogen and oxygen atoms in total. The summed E-state index contributed by atoms with van der Waals surface area (Å²) in [4.78, 5) is 4.38. The molecule has 1 N–H and O–H groups in total. The van der Waals surface area contributed by atoms with E-state index in [0.717, 1.165) is 18.7 Å². The lowest BCUT2D eigenvalue weighted by molar-refractivity contribution is 0.306. The van der Waals surface area contributed by atoms with Crippen LogP contribution in [0.4, 0.5) is 0 Å². The lowest BCUT2D eigenvalue weighted by atomic mass is 10.0. The Hall–Kier alpha value is -1.10. The fourth-order valence-corrected chi connectivity index (χ4v) is 2.28. The summed E-state index contributed by atoms with van der Waals surface area (Å²) in [5, 5.41) is 8.39. The van der Waals surface area contributed by atoms with Crippen LogP contribution in [0.2, 0.25) is 10.0 Å². The Morgan fingerprint density at radius 2 is 2.17 bits per heavy atom. The zero-order valence-corrected chi connectivity index (χ0v) is 11.0. The van der Waals surface area contributed by atoms with Gasteiger partial charge in [0.15, 0.2) is 5.82 Å². The fraction of sp³-hybridized carbons (Fsp3) is 0.333. The summed E-state index contributed by atoms with van der Waals surface area (Å²) in [5.74, 6) is 1.71. The van der Waals surface area contributed by atoms with E-state index < -0.39 is 0 Å². The van der Waals surface area contributed by atoms with Gasteiger partial charge in [0.05, 0.1) is 5.92 Å². The Kier molecular flexibility index (Phi) is 3.24. The van der Waals surface area contributed by atoms with Crippen LogP contribution >= 0.6 is 23.2 Å². The van der Waals surface area contributed by atoms with Crippen LogP contribution in [0.5, 0.6) is 0 Å². The van der Waals surface area contributed by atoms with Gasteiger partial charge in [-0.05, 0) is 17.7 Å². The van der Waals surface area contributed by atoms with Crippen molar-refractivity contribution < 1.29 is 4.52 Å². The number of halogens is 2. The van der Waals surface area contributed by atoms with Gasteiger partial charge in [0.2, 0.25) is 5.89 Å². The Morgan fingerprint density at radius 3 is 2.83 bits per heavy atom. The summed E-state index contributed by atoms with van der Waals surface area (Å²) < 4.78 is 5.23. The maximum absolute atomic E-state index is 6.11. The van der Waals surface area contributed by atoms with Gasteiger partial charge in [0.1, 0.15) is 0 Å². The number of benzene rings is 1. The second-order valence-electron chi connectivity index (χ2n) is 4.32. The SMILES string of the molecule is Clc1ccc(Cc2noc(C3CNC3)n2)c(Cl)c1. The van der Waals surface area contributed by atoms with Gasteiger partial charge in [-0.3, -0.25) is 0 Å². The number of nitrogens with one attached hydrogen (secondary N) is 1. The third kappa shape index (κ3) is 2.36. The lowest BCUT2D eigenvalue weighted by Crippen LogP contribution is -2.40. The molecule has 0 amide bonds. The monoisotopic (exact) mass is 283 g/mol. The Morgan fingerprint density at radius 1 is 1.33 bits per heavy atom. The van der Waals surface area contributed by atoms with Crippen molar-refractivity contribution in [2.24, 2.45) is 0 Å². The summed E-state index contributed by atoms with van der Waals surface area (Å²) in [5.41, 5.74) is 0.945. The van der Waals surface area contributed by atoms with Crippen LogP contribution in [-0.2, 0) is 6.42 Å². The highest BCUT2D eigenvalue weighted by molar-refractivity contribution is 6.35. The van der Waals surface area contributed by atoms with E-state index in [2.05, 4.69) is 15.5 Å². The third-order valence-corrected chi connectivity index (χ3v) is 3.57. The van der Waals surface area contributed by atoms with E-state index in [-0.39, 0.29) is 0 Å². The molecule has 3 rings (SSSR count). The van der Waals surface area contributed by atoms with Crippen molar-refractivity contribution in [2.75, 3.05) is 13.1 Å². The van der Waals surface area contributed by atoms with Gasteiger partial charge in [-0.25, -0.2) is 0 Å². The Balaban J connectivity index is 1.77. The minimum absolute atomic E-state index is 0.354. The predicted octanol–water partition coefficient (Wildman–Crippen LogP) is 2.65. The molecule has 0 aliphatic carbocycles. The highest BCUT2D eigenvalue weighted by atomic mass is 35.5. The standard InChI is InChI=1S/C12H11Cl2N3O/c13-9-2-1-7(10(14)4-9)3-11-16-12(18-17-11)8-5-15-6-8/h1-2,4,8,15H,3,5-6H2. The van der Waals surface area contributed by atoms with E-state index in [1.807, 2.05) is 6.07 Å². The van der Waals surface area contributed by atoms with Gasteiger partial charge in [0, 0.05) is 29.6 Å².